The molecule has 1 aromatic heterocycles. The first kappa shape index (κ1) is 25.1. The fraction of sp³-hybridized carbons (Fsp3) is 0.333. The van der Waals surface area contributed by atoms with Gasteiger partial charge in [0.15, 0.2) is 5.82 Å². The number of benzene rings is 2. The van der Waals surface area contributed by atoms with Crippen LogP contribution < -0.4 is 15.5 Å². The van der Waals surface area contributed by atoms with Crippen LogP contribution in [0.25, 0.3) is 0 Å². The van der Waals surface area contributed by atoms with E-state index in [1.54, 1.807) is 0 Å². The van der Waals surface area contributed by atoms with E-state index in [0.29, 0.717) is 22.4 Å². The van der Waals surface area contributed by atoms with Gasteiger partial charge in [0.05, 0.1) is 18.2 Å². The Morgan fingerprint density at radius 1 is 1.18 bits per heavy atom. The summed E-state index contributed by atoms with van der Waals surface area (Å²) in [7, 11) is 0. The molecule has 0 saturated carbocycles. The van der Waals surface area contributed by atoms with Crippen molar-refractivity contribution in [1.29, 1.82) is 5.26 Å². The van der Waals surface area contributed by atoms with E-state index in [0.717, 1.165) is 11.8 Å². The third kappa shape index (κ3) is 6.48. The summed E-state index contributed by atoms with van der Waals surface area (Å²) in [6.07, 6.45) is 0.152. The van der Waals surface area contributed by atoms with Crippen molar-refractivity contribution in [2.75, 3.05) is 23.0 Å². The van der Waals surface area contributed by atoms with Crippen LogP contribution in [0.1, 0.15) is 38.6 Å². The lowest BCUT2D eigenvalue weighted by Crippen LogP contribution is -2.33. The molecule has 1 amide bonds. The van der Waals surface area contributed by atoms with Crippen LogP contribution in [0, 0.1) is 17.1 Å². The van der Waals surface area contributed by atoms with Gasteiger partial charge in [0, 0.05) is 12.2 Å². The fourth-order valence-corrected chi connectivity index (χ4v) is 3.84. The molecular weight excluding hydrogens is 455 g/mol. The molecular formula is C24H27FN6O2S. The molecule has 0 unspecified atom stereocenters. The van der Waals surface area contributed by atoms with E-state index in [1.165, 1.54) is 39.4 Å². The van der Waals surface area contributed by atoms with E-state index in [4.69, 9.17) is 15.8 Å². The summed E-state index contributed by atoms with van der Waals surface area (Å²) < 4.78 is 20.3. The number of nitriles is 1. The lowest BCUT2D eigenvalue weighted by Gasteiger charge is -2.21. The Balaban J connectivity index is 1.60. The van der Waals surface area contributed by atoms with Crippen LogP contribution >= 0.6 is 11.8 Å². The smallest absolute Gasteiger partial charge is 0.237 e. The Hall–Kier alpha value is -3.58. The number of thioether (sulfide) groups is 1. The van der Waals surface area contributed by atoms with E-state index >= 15 is 0 Å². The van der Waals surface area contributed by atoms with E-state index < -0.39 is 5.82 Å². The first-order valence-corrected chi connectivity index (χ1v) is 11.7. The summed E-state index contributed by atoms with van der Waals surface area (Å²) in [4.78, 5) is 14.3. The van der Waals surface area contributed by atoms with Crippen molar-refractivity contribution < 1.29 is 13.9 Å². The molecule has 2 N–H and O–H groups in total. The van der Waals surface area contributed by atoms with Gasteiger partial charge in [-0.2, -0.15) is 5.26 Å². The maximum Gasteiger partial charge on any atom is 0.237 e. The Bertz CT molecular complexity index is 1150. The van der Waals surface area contributed by atoms with Gasteiger partial charge in [-0.15, -0.1) is 10.2 Å². The third-order valence-corrected chi connectivity index (χ3v) is 5.96. The zero-order valence-electron chi connectivity index (χ0n) is 19.4. The summed E-state index contributed by atoms with van der Waals surface area (Å²) >= 11 is 1.12. The molecule has 3 rings (SSSR count). The van der Waals surface area contributed by atoms with Gasteiger partial charge in [0.2, 0.25) is 11.1 Å². The SMILES string of the molecule is CC(C)(C)c1ccc(OCc2nnc(SCC(=O)N(CCC#N)c3ccc(F)cc3)n2N)cc1. The molecule has 0 aliphatic rings. The van der Waals surface area contributed by atoms with Crippen molar-refractivity contribution in [3.05, 3.63) is 65.7 Å². The first-order chi connectivity index (χ1) is 16.2. The van der Waals surface area contributed by atoms with Crippen LogP contribution in [0.2, 0.25) is 0 Å². The molecule has 0 spiro atoms. The van der Waals surface area contributed by atoms with Gasteiger partial charge in [-0.25, -0.2) is 9.07 Å². The van der Waals surface area contributed by atoms with E-state index in [1.807, 2.05) is 30.3 Å². The molecule has 0 fully saturated rings. The van der Waals surface area contributed by atoms with Crippen molar-refractivity contribution >= 4 is 23.4 Å². The van der Waals surface area contributed by atoms with Gasteiger partial charge in [-0.3, -0.25) is 4.79 Å². The Kier molecular flexibility index (Phi) is 8.12. The molecule has 0 aliphatic heterocycles. The number of nitrogens with zero attached hydrogens (tertiary/aromatic N) is 5. The Labute approximate surface area is 202 Å². The maximum absolute atomic E-state index is 13.3. The minimum absolute atomic E-state index is 0.0211. The highest BCUT2D eigenvalue weighted by atomic mass is 32.2. The number of hydrogen-bond donors (Lipinski definition) is 1. The zero-order chi connectivity index (χ0) is 24.7. The lowest BCUT2D eigenvalue weighted by molar-refractivity contribution is -0.116. The van der Waals surface area contributed by atoms with E-state index in [-0.39, 0.29) is 36.6 Å². The second-order valence-corrected chi connectivity index (χ2v) is 9.49. The van der Waals surface area contributed by atoms with Crippen molar-refractivity contribution in [3.63, 3.8) is 0 Å². The third-order valence-electron chi connectivity index (χ3n) is 5.03. The number of carbonyl (C=O) groups excluding carboxylic acids is 1. The van der Waals surface area contributed by atoms with Crippen molar-refractivity contribution in [2.24, 2.45) is 0 Å². The summed E-state index contributed by atoms with van der Waals surface area (Å²) in [6.45, 7) is 6.75. The standard InChI is InChI=1S/C24H27FN6O2S/c1-24(2,3)17-5-11-20(12-6-17)33-15-21-28-29-23(31(21)27)34-16-22(32)30(14-4-13-26)19-9-7-18(25)8-10-19/h5-12H,4,14-16,27H2,1-3H3. The highest BCUT2D eigenvalue weighted by molar-refractivity contribution is 7.99. The number of amides is 1. The predicted molar refractivity (Wildman–Crippen MR) is 129 cm³/mol. The molecule has 0 radical (unpaired) electrons. The number of aromatic nitrogens is 3. The van der Waals surface area contributed by atoms with Crippen LogP contribution in [0.5, 0.6) is 5.75 Å². The van der Waals surface area contributed by atoms with Crippen molar-refractivity contribution in [3.8, 4) is 11.8 Å². The molecule has 0 aliphatic carbocycles. The second kappa shape index (κ2) is 11.0. The van der Waals surface area contributed by atoms with Crippen LogP contribution in [-0.4, -0.2) is 33.1 Å². The summed E-state index contributed by atoms with van der Waals surface area (Å²) in [5, 5.41) is 17.4. The summed E-state index contributed by atoms with van der Waals surface area (Å²) in [6, 6.07) is 15.4. The molecule has 0 saturated heterocycles. The number of rotatable bonds is 9. The number of halogens is 1. The van der Waals surface area contributed by atoms with Crippen LogP contribution in [0.15, 0.2) is 53.7 Å². The molecule has 1 heterocycles. The molecule has 10 heteroatoms. The molecule has 8 nitrogen and oxygen atoms in total. The number of nitrogens with two attached hydrogens (primary N) is 1. The minimum Gasteiger partial charge on any atom is -0.486 e. The predicted octanol–water partition coefficient (Wildman–Crippen LogP) is 4.05. The lowest BCUT2D eigenvalue weighted by atomic mass is 9.87. The average Bonchev–Trinajstić information content (AvgIpc) is 3.16. The number of hydrogen-bond acceptors (Lipinski definition) is 7. The number of ether oxygens (including phenoxy) is 1. The molecule has 2 aromatic carbocycles. The monoisotopic (exact) mass is 482 g/mol. The highest BCUT2D eigenvalue weighted by Gasteiger charge is 2.19. The Morgan fingerprint density at radius 2 is 1.85 bits per heavy atom. The number of anilines is 1. The quantitative estimate of drug-likeness (QED) is 0.362. The van der Waals surface area contributed by atoms with Crippen LogP contribution in [-0.2, 0) is 16.8 Å². The van der Waals surface area contributed by atoms with Crippen LogP contribution in [0.3, 0.4) is 0 Å². The van der Waals surface area contributed by atoms with Crippen molar-refractivity contribution in [1.82, 2.24) is 14.9 Å². The molecule has 3 aromatic rings. The number of nitrogen functional groups attached to an aromatic ring is 1. The zero-order valence-corrected chi connectivity index (χ0v) is 20.2. The largest absolute Gasteiger partial charge is 0.486 e. The van der Waals surface area contributed by atoms with Crippen molar-refractivity contribution in [2.45, 2.75) is 44.4 Å². The maximum atomic E-state index is 13.3. The molecule has 0 atom stereocenters. The normalized spacial score (nSPS) is 11.1. The van der Waals surface area contributed by atoms with E-state index in [2.05, 4.69) is 31.0 Å². The van der Waals surface area contributed by atoms with E-state index in [9.17, 15) is 9.18 Å². The van der Waals surface area contributed by atoms with Gasteiger partial charge in [0.1, 0.15) is 18.2 Å². The second-order valence-electron chi connectivity index (χ2n) is 8.55. The topological polar surface area (TPSA) is 110 Å². The first-order valence-electron chi connectivity index (χ1n) is 10.7. The van der Waals surface area contributed by atoms with Gasteiger partial charge < -0.3 is 15.5 Å². The molecule has 0 bridgehead atoms. The van der Waals surface area contributed by atoms with Crippen LogP contribution in [0.4, 0.5) is 10.1 Å². The van der Waals surface area contributed by atoms with Gasteiger partial charge in [-0.05, 0) is 47.4 Å². The average molecular weight is 483 g/mol. The van der Waals surface area contributed by atoms with Gasteiger partial charge in [-0.1, -0.05) is 44.7 Å². The fourth-order valence-electron chi connectivity index (χ4n) is 3.09. The summed E-state index contributed by atoms with van der Waals surface area (Å²) in [5.41, 5.74) is 1.78. The summed E-state index contributed by atoms with van der Waals surface area (Å²) in [5.74, 6) is 6.56. The van der Waals surface area contributed by atoms with Gasteiger partial charge >= 0.3 is 0 Å². The molecule has 178 valence electrons. The Morgan fingerprint density at radius 3 is 2.47 bits per heavy atom. The van der Waals surface area contributed by atoms with Gasteiger partial charge in [0.25, 0.3) is 0 Å². The highest BCUT2D eigenvalue weighted by Crippen LogP contribution is 2.25. The minimum atomic E-state index is -0.401. The number of carbonyl (C=O) groups is 1. The molecule has 34 heavy (non-hydrogen) atoms.